The van der Waals surface area contributed by atoms with Crippen molar-refractivity contribution in [1.29, 1.82) is 0 Å². The highest BCUT2D eigenvalue weighted by atomic mass is 35.5. The lowest BCUT2D eigenvalue weighted by Crippen LogP contribution is -2.47. The van der Waals surface area contributed by atoms with Crippen molar-refractivity contribution in [1.82, 2.24) is 9.80 Å². The average Bonchev–Trinajstić information content (AvgIpc) is 2.65. The molecule has 1 amide bonds. The molecule has 1 aliphatic rings. The second kappa shape index (κ2) is 11.8. The van der Waals surface area contributed by atoms with Gasteiger partial charge in [0.1, 0.15) is 5.75 Å². The van der Waals surface area contributed by atoms with Gasteiger partial charge in [-0.1, -0.05) is 6.92 Å². The van der Waals surface area contributed by atoms with Gasteiger partial charge in [-0.2, -0.15) is 0 Å². The van der Waals surface area contributed by atoms with Crippen molar-refractivity contribution in [2.24, 2.45) is 0 Å². The SMILES string of the molecule is CCN(CC(=O)O)C1CCN(CCC(=O)Nc2ccc(OC)cc2)CC1.Cl. The van der Waals surface area contributed by atoms with Crippen LogP contribution in [0.25, 0.3) is 0 Å². The van der Waals surface area contributed by atoms with Crippen molar-refractivity contribution in [3.05, 3.63) is 24.3 Å². The third-order valence-corrected chi connectivity index (χ3v) is 4.85. The lowest BCUT2D eigenvalue weighted by Gasteiger charge is -2.37. The molecule has 0 aliphatic carbocycles. The summed E-state index contributed by atoms with van der Waals surface area (Å²) >= 11 is 0. The second-order valence-corrected chi connectivity index (χ2v) is 6.56. The first-order valence-electron chi connectivity index (χ1n) is 9.14. The number of carboxylic acids is 1. The molecule has 27 heavy (non-hydrogen) atoms. The minimum atomic E-state index is -0.774. The Hall–Kier alpha value is -1.83. The number of amides is 1. The van der Waals surface area contributed by atoms with Gasteiger partial charge in [0.25, 0.3) is 0 Å². The Morgan fingerprint density at radius 1 is 1.26 bits per heavy atom. The van der Waals surface area contributed by atoms with E-state index in [1.54, 1.807) is 7.11 Å². The maximum absolute atomic E-state index is 12.1. The molecular weight excluding hydrogens is 370 g/mol. The Morgan fingerprint density at radius 2 is 1.89 bits per heavy atom. The number of carbonyl (C=O) groups is 2. The minimum Gasteiger partial charge on any atom is -0.497 e. The molecule has 0 saturated carbocycles. The van der Waals surface area contributed by atoms with Crippen molar-refractivity contribution < 1.29 is 19.4 Å². The number of hydrogen-bond acceptors (Lipinski definition) is 5. The average molecular weight is 400 g/mol. The largest absolute Gasteiger partial charge is 0.497 e. The first kappa shape index (κ1) is 23.2. The third kappa shape index (κ3) is 7.74. The number of carboxylic acid groups (broad SMARTS) is 1. The summed E-state index contributed by atoms with van der Waals surface area (Å²) in [7, 11) is 1.61. The van der Waals surface area contributed by atoms with Gasteiger partial charge in [-0.3, -0.25) is 14.5 Å². The number of halogens is 1. The summed E-state index contributed by atoms with van der Waals surface area (Å²) in [6.45, 7) is 5.37. The van der Waals surface area contributed by atoms with E-state index in [1.165, 1.54) is 0 Å². The van der Waals surface area contributed by atoms with Crippen LogP contribution < -0.4 is 10.1 Å². The fourth-order valence-electron chi connectivity index (χ4n) is 3.34. The van der Waals surface area contributed by atoms with E-state index in [2.05, 4.69) is 10.2 Å². The standard InChI is InChI=1S/C19H29N3O4.ClH/c1-3-22(14-19(24)25)16-8-11-21(12-9-16)13-10-18(23)20-15-4-6-17(26-2)7-5-15;/h4-7,16H,3,8-14H2,1-2H3,(H,20,23)(H,24,25);1H. The molecule has 0 bridgehead atoms. The van der Waals surface area contributed by atoms with Crippen LogP contribution in [-0.4, -0.2) is 72.7 Å². The highest BCUT2D eigenvalue weighted by molar-refractivity contribution is 5.90. The predicted molar refractivity (Wildman–Crippen MR) is 108 cm³/mol. The van der Waals surface area contributed by atoms with Crippen molar-refractivity contribution in [2.75, 3.05) is 45.2 Å². The summed E-state index contributed by atoms with van der Waals surface area (Å²) in [5, 5.41) is 11.9. The van der Waals surface area contributed by atoms with Crippen molar-refractivity contribution in [3.8, 4) is 5.75 Å². The smallest absolute Gasteiger partial charge is 0.317 e. The Labute approximate surface area is 167 Å². The molecule has 0 radical (unpaired) electrons. The van der Waals surface area contributed by atoms with Gasteiger partial charge in [0, 0.05) is 24.7 Å². The normalized spacial score (nSPS) is 15.2. The van der Waals surface area contributed by atoms with E-state index in [9.17, 15) is 9.59 Å². The number of ether oxygens (including phenoxy) is 1. The zero-order valence-corrected chi connectivity index (χ0v) is 16.8. The van der Waals surface area contributed by atoms with Crippen LogP contribution in [0.5, 0.6) is 5.75 Å². The van der Waals surface area contributed by atoms with E-state index >= 15 is 0 Å². The summed E-state index contributed by atoms with van der Waals surface area (Å²) in [5.41, 5.74) is 0.766. The van der Waals surface area contributed by atoms with Crippen LogP contribution in [0, 0.1) is 0 Å². The highest BCUT2D eigenvalue weighted by Gasteiger charge is 2.25. The number of piperidine rings is 1. The van der Waals surface area contributed by atoms with Crippen LogP contribution in [0.15, 0.2) is 24.3 Å². The Bertz CT molecular complexity index is 589. The number of likely N-dealkylation sites (N-methyl/N-ethyl adjacent to an activating group) is 1. The van der Waals surface area contributed by atoms with E-state index in [0.717, 1.165) is 50.5 Å². The van der Waals surface area contributed by atoms with E-state index in [1.807, 2.05) is 36.1 Å². The molecular formula is C19H30ClN3O4. The first-order chi connectivity index (χ1) is 12.5. The fourth-order valence-corrected chi connectivity index (χ4v) is 3.34. The molecule has 152 valence electrons. The zero-order valence-electron chi connectivity index (χ0n) is 16.0. The number of benzene rings is 1. The molecule has 1 aliphatic heterocycles. The Morgan fingerprint density at radius 3 is 2.41 bits per heavy atom. The van der Waals surface area contributed by atoms with Gasteiger partial charge in [-0.15, -0.1) is 12.4 Å². The van der Waals surface area contributed by atoms with Gasteiger partial charge in [0.15, 0.2) is 0 Å². The van der Waals surface area contributed by atoms with Gasteiger partial charge in [-0.25, -0.2) is 0 Å². The van der Waals surface area contributed by atoms with Gasteiger partial charge < -0.3 is 20.1 Å². The van der Waals surface area contributed by atoms with Gasteiger partial charge in [0.2, 0.25) is 5.91 Å². The van der Waals surface area contributed by atoms with Crippen molar-refractivity contribution in [3.63, 3.8) is 0 Å². The lowest BCUT2D eigenvalue weighted by atomic mass is 10.0. The molecule has 2 rings (SSSR count). The fraction of sp³-hybridized carbons (Fsp3) is 0.579. The summed E-state index contributed by atoms with van der Waals surface area (Å²) in [6.07, 6.45) is 2.34. The van der Waals surface area contributed by atoms with Crippen LogP contribution >= 0.6 is 12.4 Å². The number of likely N-dealkylation sites (tertiary alicyclic amines) is 1. The number of anilines is 1. The molecule has 7 nitrogen and oxygen atoms in total. The maximum atomic E-state index is 12.1. The molecule has 1 fully saturated rings. The molecule has 1 heterocycles. The molecule has 8 heteroatoms. The molecule has 0 atom stereocenters. The predicted octanol–water partition coefficient (Wildman–Crippen LogP) is 2.32. The van der Waals surface area contributed by atoms with Crippen LogP contribution in [0.1, 0.15) is 26.2 Å². The number of methoxy groups -OCH3 is 1. The monoisotopic (exact) mass is 399 g/mol. The molecule has 1 saturated heterocycles. The van der Waals surface area contributed by atoms with Crippen molar-refractivity contribution in [2.45, 2.75) is 32.2 Å². The summed E-state index contributed by atoms with van der Waals surface area (Å²) < 4.78 is 5.10. The van der Waals surface area contributed by atoms with E-state index < -0.39 is 5.97 Å². The molecule has 0 unspecified atom stereocenters. The van der Waals surface area contributed by atoms with Crippen LogP contribution in [0.4, 0.5) is 5.69 Å². The molecule has 0 aromatic heterocycles. The topological polar surface area (TPSA) is 82.1 Å². The van der Waals surface area contributed by atoms with E-state index in [4.69, 9.17) is 9.84 Å². The number of hydrogen-bond donors (Lipinski definition) is 2. The first-order valence-corrected chi connectivity index (χ1v) is 9.14. The highest BCUT2D eigenvalue weighted by Crippen LogP contribution is 2.17. The summed E-state index contributed by atoms with van der Waals surface area (Å²) in [6, 6.07) is 7.60. The summed E-state index contributed by atoms with van der Waals surface area (Å²) in [4.78, 5) is 27.3. The molecule has 2 N–H and O–H groups in total. The van der Waals surface area contributed by atoms with Crippen LogP contribution in [0.2, 0.25) is 0 Å². The molecule has 1 aromatic rings. The zero-order chi connectivity index (χ0) is 18.9. The van der Waals surface area contributed by atoms with Crippen LogP contribution in [-0.2, 0) is 9.59 Å². The lowest BCUT2D eigenvalue weighted by molar-refractivity contribution is -0.139. The van der Waals surface area contributed by atoms with Gasteiger partial charge in [-0.05, 0) is 56.7 Å². The third-order valence-electron chi connectivity index (χ3n) is 4.85. The number of carbonyl (C=O) groups excluding carboxylic acids is 1. The molecule has 0 spiro atoms. The Balaban J connectivity index is 0.00000364. The van der Waals surface area contributed by atoms with E-state index in [0.29, 0.717) is 12.5 Å². The van der Waals surface area contributed by atoms with E-state index in [-0.39, 0.29) is 24.9 Å². The Kier molecular flexibility index (Phi) is 10.1. The molecule has 1 aromatic carbocycles. The van der Waals surface area contributed by atoms with Gasteiger partial charge in [0.05, 0.1) is 13.7 Å². The van der Waals surface area contributed by atoms with Gasteiger partial charge >= 0.3 is 5.97 Å². The number of rotatable bonds is 9. The number of aliphatic carboxylic acids is 1. The van der Waals surface area contributed by atoms with Crippen LogP contribution in [0.3, 0.4) is 0 Å². The number of nitrogens with zero attached hydrogens (tertiary/aromatic N) is 2. The second-order valence-electron chi connectivity index (χ2n) is 6.56. The van der Waals surface area contributed by atoms with Crippen molar-refractivity contribution >= 4 is 30.0 Å². The quantitative estimate of drug-likeness (QED) is 0.663. The minimum absolute atomic E-state index is 0. The summed E-state index contributed by atoms with van der Waals surface area (Å²) in [5.74, 6) is -0.0160. The maximum Gasteiger partial charge on any atom is 0.317 e. The number of nitrogens with one attached hydrogen (secondary N) is 1.